The molecule has 1 aromatic carbocycles. The zero-order valence-electron chi connectivity index (χ0n) is 14.7. The molecule has 0 bridgehead atoms. The third-order valence-corrected chi connectivity index (χ3v) is 4.55. The molecule has 0 amide bonds. The summed E-state index contributed by atoms with van der Waals surface area (Å²) in [6, 6.07) is 16.2. The molecule has 0 aliphatic heterocycles. The first kappa shape index (κ1) is 19.0. The fraction of sp³-hybridized carbons (Fsp3) is 0.150. The van der Waals surface area contributed by atoms with Crippen LogP contribution in [0.15, 0.2) is 65.3 Å². The van der Waals surface area contributed by atoms with E-state index in [9.17, 15) is 9.90 Å². The van der Waals surface area contributed by atoms with Crippen LogP contribution in [0.1, 0.15) is 27.7 Å². The summed E-state index contributed by atoms with van der Waals surface area (Å²) in [5.41, 5.74) is 7.21. The SMILES string of the molecule is CN(CC(O)c1ccccc1)c1cccc(C(=O)c2cc(Br)cnc2N)n1. The van der Waals surface area contributed by atoms with Crippen LogP contribution in [0.4, 0.5) is 11.6 Å². The highest BCUT2D eigenvalue weighted by atomic mass is 79.9. The minimum Gasteiger partial charge on any atom is -0.387 e. The number of halogens is 1. The largest absolute Gasteiger partial charge is 0.387 e. The zero-order valence-corrected chi connectivity index (χ0v) is 16.3. The number of pyridine rings is 2. The van der Waals surface area contributed by atoms with Crippen LogP contribution in [0, 0.1) is 0 Å². The molecule has 3 N–H and O–H groups in total. The molecule has 0 fully saturated rings. The minimum atomic E-state index is -0.665. The van der Waals surface area contributed by atoms with Gasteiger partial charge >= 0.3 is 0 Å². The minimum absolute atomic E-state index is 0.156. The molecule has 1 atom stereocenters. The van der Waals surface area contributed by atoms with Crippen LogP contribution in [0.3, 0.4) is 0 Å². The van der Waals surface area contributed by atoms with Gasteiger partial charge in [0.05, 0.1) is 11.7 Å². The van der Waals surface area contributed by atoms with Crippen molar-refractivity contribution in [3.05, 3.63) is 82.1 Å². The van der Waals surface area contributed by atoms with Crippen molar-refractivity contribution in [2.45, 2.75) is 6.10 Å². The Bertz CT molecular complexity index is 950. The second-order valence-electron chi connectivity index (χ2n) is 6.10. The molecule has 0 saturated heterocycles. The lowest BCUT2D eigenvalue weighted by Crippen LogP contribution is -2.25. The Balaban J connectivity index is 1.80. The monoisotopic (exact) mass is 426 g/mol. The van der Waals surface area contributed by atoms with E-state index >= 15 is 0 Å². The van der Waals surface area contributed by atoms with Crippen LogP contribution < -0.4 is 10.6 Å². The number of anilines is 2. The van der Waals surface area contributed by atoms with Crippen LogP contribution in [0.2, 0.25) is 0 Å². The maximum absolute atomic E-state index is 12.8. The number of aliphatic hydroxyl groups is 1. The maximum Gasteiger partial charge on any atom is 0.215 e. The Morgan fingerprint density at radius 1 is 1.22 bits per heavy atom. The Labute approximate surface area is 165 Å². The van der Waals surface area contributed by atoms with Gasteiger partial charge in [0.25, 0.3) is 0 Å². The summed E-state index contributed by atoms with van der Waals surface area (Å²) in [6.45, 7) is 0.342. The van der Waals surface area contributed by atoms with Crippen LogP contribution in [-0.2, 0) is 0 Å². The van der Waals surface area contributed by atoms with Crippen LogP contribution >= 0.6 is 15.9 Å². The third-order valence-electron chi connectivity index (χ3n) is 4.12. The number of carbonyl (C=O) groups is 1. The lowest BCUT2D eigenvalue weighted by Gasteiger charge is -2.22. The molecule has 0 spiro atoms. The smallest absolute Gasteiger partial charge is 0.215 e. The molecule has 3 rings (SSSR count). The number of ketones is 1. The van der Waals surface area contributed by atoms with Crippen molar-refractivity contribution < 1.29 is 9.90 Å². The number of nitrogen functional groups attached to an aromatic ring is 1. The van der Waals surface area contributed by atoms with E-state index < -0.39 is 6.10 Å². The average molecular weight is 427 g/mol. The van der Waals surface area contributed by atoms with E-state index in [-0.39, 0.29) is 17.3 Å². The van der Waals surface area contributed by atoms with Gasteiger partial charge in [-0.15, -0.1) is 0 Å². The first-order chi connectivity index (χ1) is 13.0. The molecular weight excluding hydrogens is 408 g/mol. The maximum atomic E-state index is 12.8. The topological polar surface area (TPSA) is 92.3 Å². The van der Waals surface area contributed by atoms with E-state index in [0.29, 0.717) is 22.4 Å². The van der Waals surface area contributed by atoms with Crippen LogP contribution in [0.5, 0.6) is 0 Å². The molecule has 0 aliphatic rings. The number of hydrogen-bond donors (Lipinski definition) is 2. The number of aliphatic hydroxyl groups excluding tert-OH is 1. The van der Waals surface area contributed by atoms with Crippen molar-refractivity contribution in [1.82, 2.24) is 9.97 Å². The first-order valence-electron chi connectivity index (χ1n) is 8.32. The first-order valence-corrected chi connectivity index (χ1v) is 9.12. The van der Waals surface area contributed by atoms with Gasteiger partial charge in [0.2, 0.25) is 5.78 Å². The molecule has 0 radical (unpaired) electrons. The van der Waals surface area contributed by atoms with Crippen molar-refractivity contribution in [3.8, 4) is 0 Å². The number of likely N-dealkylation sites (N-methyl/N-ethyl adjacent to an activating group) is 1. The number of carbonyl (C=O) groups excluding carboxylic acids is 1. The summed E-state index contributed by atoms with van der Waals surface area (Å²) in [4.78, 5) is 23.0. The van der Waals surface area contributed by atoms with Gasteiger partial charge < -0.3 is 15.7 Å². The Morgan fingerprint density at radius 3 is 2.70 bits per heavy atom. The highest BCUT2D eigenvalue weighted by Gasteiger charge is 2.17. The summed E-state index contributed by atoms with van der Waals surface area (Å²) in [5, 5.41) is 10.4. The van der Waals surface area contributed by atoms with Gasteiger partial charge in [0.15, 0.2) is 0 Å². The summed E-state index contributed by atoms with van der Waals surface area (Å²) >= 11 is 3.30. The lowest BCUT2D eigenvalue weighted by atomic mass is 10.1. The molecule has 0 saturated carbocycles. The Morgan fingerprint density at radius 2 is 1.96 bits per heavy atom. The second-order valence-corrected chi connectivity index (χ2v) is 7.02. The predicted octanol–water partition coefficient (Wildman–Crippen LogP) is 3.22. The van der Waals surface area contributed by atoms with Gasteiger partial charge in [-0.3, -0.25) is 4.79 Å². The number of nitrogens with zero attached hydrogens (tertiary/aromatic N) is 3. The van der Waals surface area contributed by atoms with E-state index in [1.54, 1.807) is 29.2 Å². The van der Waals surface area contributed by atoms with E-state index in [1.165, 1.54) is 6.20 Å². The van der Waals surface area contributed by atoms with Gasteiger partial charge in [-0.2, -0.15) is 0 Å². The fourth-order valence-corrected chi connectivity index (χ4v) is 3.00. The van der Waals surface area contributed by atoms with E-state index in [0.717, 1.165) is 5.56 Å². The van der Waals surface area contributed by atoms with Crippen molar-refractivity contribution in [1.29, 1.82) is 0 Å². The standard InChI is InChI=1S/C20H19BrN4O2/c1-25(12-17(26)13-6-3-2-4-7-13)18-9-5-8-16(24-18)19(27)15-10-14(21)11-23-20(15)22/h2-11,17,26H,12H2,1H3,(H2,22,23). The summed E-state index contributed by atoms with van der Waals surface area (Å²) < 4.78 is 0.666. The molecule has 27 heavy (non-hydrogen) atoms. The van der Waals surface area contributed by atoms with Gasteiger partial charge in [0, 0.05) is 24.3 Å². The fourth-order valence-electron chi connectivity index (χ4n) is 2.67. The highest BCUT2D eigenvalue weighted by Crippen LogP contribution is 2.21. The lowest BCUT2D eigenvalue weighted by molar-refractivity contribution is 0.103. The molecule has 0 aliphatic carbocycles. The van der Waals surface area contributed by atoms with E-state index in [2.05, 4.69) is 25.9 Å². The molecule has 138 valence electrons. The Kier molecular flexibility index (Phi) is 5.83. The Hall–Kier alpha value is -2.77. The predicted molar refractivity (Wildman–Crippen MR) is 109 cm³/mol. The van der Waals surface area contributed by atoms with Gasteiger partial charge in [-0.1, -0.05) is 36.4 Å². The van der Waals surface area contributed by atoms with Gasteiger partial charge in [-0.25, -0.2) is 9.97 Å². The number of hydrogen-bond acceptors (Lipinski definition) is 6. The van der Waals surface area contributed by atoms with Gasteiger partial charge in [0.1, 0.15) is 17.3 Å². The second kappa shape index (κ2) is 8.28. The normalized spacial score (nSPS) is 11.8. The molecule has 7 heteroatoms. The summed E-state index contributed by atoms with van der Waals surface area (Å²) in [7, 11) is 1.82. The zero-order chi connectivity index (χ0) is 19.4. The summed E-state index contributed by atoms with van der Waals surface area (Å²) in [5.74, 6) is 0.431. The number of nitrogens with two attached hydrogens (primary N) is 1. The molecular formula is C20H19BrN4O2. The van der Waals surface area contributed by atoms with E-state index in [4.69, 9.17) is 5.73 Å². The molecule has 6 nitrogen and oxygen atoms in total. The number of aromatic nitrogens is 2. The van der Waals surface area contributed by atoms with Crippen LogP contribution in [0.25, 0.3) is 0 Å². The molecule has 2 heterocycles. The van der Waals surface area contributed by atoms with Crippen molar-refractivity contribution >= 4 is 33.3 Å². The van der Waals surface area contributed by atoms with Crippen molar-refractivity contribution in [3.63, 3.8) is 0 Å². The van der Waals surface area contributed by atoms with Crippen molar-refractivity contribution in [2.75, 3.05) is 24.2 Å². The number of benzene rings is 1. The molecule has 3 aromatic rings. The third kappa shape index (κ3) is 4.50. The molecule has 2 aromatic heterocycles. The average Bonchev–Trinajstić information content (AvgIpc) is 2.70. The highest BCUT2D eigenvalue weighted by molar-refractivity contribution is 9.10. The van der Waals surface area contributed by atoms with Crippen molar-refractivity contribution in [2.24, 2.45) is 0 Å². The summed E-state index contributed by atoms with van der Waals surface area (Å²) in [6.07, 6.45) is 0.872. The number of rotatable bonds is 6. The molecule has 1 unspecified atom stereocenters. The quantitative estimate of drug-likeness (QED) is 0.587. The van der Waals surface area contributed by atoms with Gasteiger partial charge in [-0.05, 0) is 39.7 Å². The van der Waals surface area contributed by atoms with Crippen LogP contribution in [-0.4, -0.2) is 34.5 Å². The van der Waals surface area contributed by atoms with E-state index in [1.807, 2.05) is 37.4 Å².